The van der Waals surface area contributed by atoms with Crippen molar-refractivity contribution in [1.29, 1.82) is 0 Å². The van der Waals surface area contributed by atoms with Crippen LogP contribution in [0.3, 0.4) is 0 Å². The fraction of sp³-hybridized carbons (Fsp3) is 0.125. The number of hydrogen-bond acceptors (Lipinski definition) is 4. The van der Waals surface area contributed by atoms with E-state index in [4.69, 9.17) is 9.47 Å². The molecule has 0 saturated carbocycles. The van der Waals surface area contributed by atoms with Crippen molar-refractivity contribution in [2.45, 2.75) is 0 Å². The molecule has 2 aromatic rings. The predicted octanol–water partition coefficient (Wildman–Crippen LogP) is 2.63. The number of benzene rings is 2. The summed E-state index contributed by atoms with van der Waals surface area (Å²) in [4.78, 5) is 23.8. The second-order valence-electron chi connectivity index (χ2n) is 4.22. The first-order chi connectivity index (χ1) is 10.1. The van der Waals surface area contributed by atoms with Crippen LogP contribution in [0.2, 0.25) is 0 Å². The van der Waals surface area contributed by atoms with E-state index in [1.165, 1.54) is 26.4 Å². The Morgan fingerprint density at radius 3 is 2.05 bits per heavy atom. The van der Waals surface area contributed by atoms with Crippen LogP contribution in [0.1, 0.15) is 26.3 Å². The van der Waals surface area contributed by atoms with Gasteiger partial charge in [-0.1, -0.05) is 24.3 Å². The van der Waals surface area contributed by atoms with Gasteiger partial charge in [-0.15, -0.1) is 0 Å². The number of carbonyl (C=O) groups is 2. The maximum atomic E-state index is 12.6. The Kier molecular flexibility index (Phi) is 4.23. The summed E-state index contributed by atoms with van der Waals surface area (Å²) in [6.45, 7) is 0. The van der Waals surface area contributed by atoms with E-state index in [1.807, 2.05) is 0 Å². The summed E-state index contributed by atoms with van der Waals surface area (Å²) < 4.78 is 10.4. The lowest BCUT2D eigenvalue weighted by molar-refractivity contribution is 0.0692. The SMILES string of the molecule is COc1cccc(C(=O)c2ccccc2C(=O)O)c1OC. The molecule has 0 aliphatic heterocycles. The molecule has 0 amide bonds. The molecule has 0 saturated heterocycles. The summed E-state index contributed by atoms with van der Waals surface area (Å²) in [6, 6.07) is 10.9. The second-order valence-corrected chi connectivity index (χ2v) is 4.22. The highest BCUT2D eigenvalue weighted by Crippen LogP contribution is 2.32. The smallest absolute Gasteiger partial charge is 0.336 e. The molecule has 5 heteroatoms. The van der Waals surface area contributed by atoms with Gasteiger partial charge in [0, 0.05) is 5.56 Å². The number of carboxylic acid groups (broad SMARTS) is 1. The number of ether oxygens (including phenoxy) is 2. The van der Waals surface area contributed by atoms with Crippen LogP contribution in [0.5, 0.6) is 11.5 Å². The summed E-state index contributed by atoms with van der Waals surface area (Å²) in [7, 11) is 2.90. The van der Waals surface area contributed by atoms with Gasteiger partial charge in [0.15, 0.2) is 17.3 Å². The second kappa shape index (κ2) is 6.09. The molecule has 1 N–H and O–H groups in total. The van der Waals surface area contributed by atoms with Crippen LogP contribution in [0.25, 0.3) is 0 Å². The maximum absolute atomic E-state index is 12.6. The molecule has 2 aromatic carbocycles. The summed E-state index contributed by atoms with van der Waals surface area (Å²) in [5.41, 5.74) is 0.314. The third kappa shape index (κ3) is 2.72. The molecule has 21 heavy (non-hydrogen) atoms. The standard InChI is InChI=1S/C16H14O5/c1-20-13-9-5-8-12(15(13)21-2)14(17)10-6-3-4-7-11(10)16(18)19/h3-9H,1-2H3,(H,18,19). The highest BCUT2D eigenvalue weighted by molar-refractivity contribution is 6.15. The Balaban J connectivity index is 2.58. The van der Waals surface area contributed by atoms with Crippen molar-refractivity contribution in [3.8, 4) is 11.5 Å². The molecule has 0 aromatic heterocycles. The van der Waals surface area contributed by atoms with Gasteiger partial charge in [0.2, 0.25) is 0 Å². The van der Waals surface area contributed by atoms with E-state index in [0.717, 1.165) is 0 Å². The van der Waals surface area contributed by atoms with Crippen molar-refractivity contribution in [2.24, 2.45) is 0 Å². The highest BCUT2D eigenvalue weighted by atomic mass is 16.5. The zero-order chi connectivity index (χ0) is 15.4. The average Bonchev–Trinajstić information content (AvgIpc) is 2.53. The molecule has 2 rings (SSSR count). The monoisotopic (exact) mass is 286 g/mol. The van der Waals surface area contributed by atoms with Gasteiger partial charge in [-0.25, -0.2) is 4.79 Å². The molecule has 0 bridgehead atoms. The largest absolute Gasteiger partial charge is 0.493 e. The van der Waals surface area contributed by atoms with Gasteiger partial charge in [-0.3, -0.25) is 4.79 Å². The van der Waals surface area contributed by atoms with Gasteiger partial charge < -0.3 is 14.6 Å². The van der Waals surface area contributed by atoms with Crippen LogP contribution < -0.4 is 9.47 Å². The zero-order valence-corrected chi connectivity index (χ0v) is 11.6. The van der Waals surface area contributed by atoms with Gasteiger partial charge in [0.25, 0.3) is 0 Å². The lowest BCUT2D eigenvalue weighted by atomic mass is 9.97. The Morgan fingerprint density at radius 2 is 1.48 bits per heavy atom. The Labute approximate surface area is 121 Å². The third-order valence-electron chi connectivity index (χ3n) is 3.05. The number of carboxylic acids is 1. The van der Waals surface area contributed by atoms with Gasteiger partial charge in [-0.05, 0) is 18.2 Å². The molecule has 0 fully saturated rings. The normalized spacial score (nSPS) is 10.0. The lowest BCUT2D eigenvalue weighted by Crippen LogP contribution is -2.11. The number of ketones is 1. The first-order valence-electron chi connectivity index (χ1n) is 6.18. The quantitative estimate of drug-likeness (QED) is 0.855. The van der Waals surface area contributed by atoms with Gasteiger partial charge in [0.05, 0.1) is 25.3 Å². The number of para-hydroxylation sites is 1. The molecular weight excluding hydrogens is 272 g/mol. The molecular formula is C16H14O5. The number of methoxy groups -OCH3 is 2. The number of aromatic carboxylic acids is 1. The van der Waals surface area contributed by atoms with Gasteiger partial charge in [0.1, 0.15) is 0 Å². The van der Waals surface area contributed by atoms with E-state index in [1.54, 1.807) is 30.3 Å². The van der Waals surface area contributed by atoms with Gasteiger partial charge >= 0.3 is 5.97 Å². The van der Waals surface area contributed by atoms with E-state index in [0.29, 0.717) is 5.75 Å². The van der Waals surface area contributed by atoms with Crippen LogP contribution in [-0.2, 0) is 0 Å². The lowest BCUT2D eigenvalue weighted by Gasteiger charge is -2.12. The maximum Gasteiger partial charge on any atom is 0.336 e. The van der Waals surface area contributed by atoms with Crippen molar-refractivity contribution in [3.63, 3.8) is 0 Å². The number of carbonyl (C=O) groups excluding carboxylic acids is 1. The van der Waals surface area contributed by atoms with Crippen molar-refractivity contribution in [2.75, 3.05) is 14.2 Å². The molecule has 0 radical (unpaired) electrons. The fourth-order valence-electron chi connectivity index (χ4n) is 2.08. The van der Waals surface area contributed by atoms with Crippen molar-refractivity contribution < 1.29 is 24.2 Å². The summed E-state index contributed by atoms with van der Waals surface area (Å²) >= 11 is 0. The van der Waals surface area contributed by atoms with Crippen LogP contribution >= 0.6 is 0 Å². The van der Waals surface area contributed by atoms with Crippen LogP contribution in [-0.4, -0.2) is 31.1 Å². The summed E-state index contributed by atoms with van der Waals surface area (Å²) in [5, 5.41) is 9.18. The minimum absolute atomic E-state index is 0.0487. The molecule has 0 unspecified atom stereocenters. The summed E-state index contributed by atoms with van der Waals surface area (Å²) in [5.74, 6) is -0.883. The molecule has 0 heterocycles. The minimum Gasteiger partial charge on any atom is -0.493 e. The van der Waals surface area contributed by atoms with E-state index in [2.05, 4.69) is 0 Å². The Morgan fingerprint density at radius 1 is 0.857 bits per heavy atom. The van der Waals surface area contributed by atoms with Crippen LogP contribution in [0, 0.1) is 0 Å². The molecule has 0 spiro atoms. The first kappa shape index (κ1) is 14.6. The average molecular weight is 286 g/mol. The van der Waals surface area contributed by atoms with Gasteiger partial charge in [-0.2, -0.15) is 0 Å². The van der Waals surface area contributed by atoms with Crippen LogP contribution in [0.4, 0.5) is 0 Å². The fourth-order valence-corrected chi connectivity index (χ4v) is 2.08. The highest BCUT2D eigenvalue weighted by Gasteiger charge is 2.22. The van der Waals surface area contributed by atoms with E-state index in [-0.39, 0.29) is 22.4 Å². The van der Waals surface area contributed by atoms with E-state index < -0.39 is 11.8 Å². The Bertz CT molecular complexity index is 691. The minimum atomic E-state index is -1.15. The molecule has 0 aliphatic rings. The third-order valence-corrected chi connectivity index (χ3v) is 3.05. The number of rotatable bonds is 5. The van der Waals surface area contributed by atoms with Crippen molar-refractivity contribution in [3.05, 3.63) is 59.2 Å². The first-order valence-corrected chi connectivity index (χ1v) is 6.18. The number of hydrogen-bond donors (Lipinski definition) is 1. The molecule has 5 nitrogen and oxygen atoms in total. The Hall–Kier alpha value is -2.82. The van der Waals surface area contributed by atoms with Crippen LogP contribution in [0.15, 0.2) is 42.5 Å². The van der Waals surface area contributed by atoms with E-state index in [9.17, 15) is 14.7 Å². The van der Waals surface area contributed by atoms with Crippen molar-refractivity contribution >= 4 is 11.8 Å². The molecule has 0 atom stereocenters. The van der Waals surface area contributed by atoms with Crippen molar-refractivity contribution in [1.82, 2.24) is 0 Å². The zero-order valence-electron chi connectivity index (χ0n) is 11.6. The van der Waals surface area contributed by atoms with E-state index >= 15 is 0 Å². The summed E-state index contributed by atoms with van der Waals surface area (Å²) in [6.07, 6.45) is 0. The predicted molar refractivity (Wildman–Crippen MR) is 76.4 cm³/mol. The molecule has 0 aliphatic carbocycles. The topological polar surface area (TPSA) is 72.8 Å². The molecule has 108 valence electrons.